The number of aromatic nitrogens is 4. The first kappa shape index (κ1) is 47.4. The van der Waals surface area contributed by atoms with E-state index in [9.17, 15) is 19.2 Å². The van der Waals surface area contributed by atoms with Crippen molar-refractivity contribution in [3.8, 4) is 0 Å². The molecule has 0 bridgehead atoms. The molecule has 4 amide bonds. The third-order valence-electron chi connectivity index (χ3n) is 14.6. The number of benzene rings is 3. The number of carbonyl (C=O) groups is 4. The van der Waals surface area contributed by atoms with Gasteiger partial charge in [-0.15, -0.1) is 0 Å². The van der Waals surface area contributed by atoms with Crippen molar-refractivity contribution in [2.24, 2.45) is 11.8 Å². The minimum Gasteiger partial charge on any atom is -0.453 e. The van der Waals surface area contributed by atoms with Crippen molar-refractivity contribution in [1.82, 2.24) is 40.4 Å². The first-order chi connectivity index (χ1) is 31.9. The fourth-order valence-corrected chi connectivity index (χ4v) is 10.8. The number of anilines is 1. The van der Waals surface area contributed by atoms with Gasteiger partial charge in [0.1, 0.15) is 23.7 Å². The van der Waals surface area contributed by atoms with Crippen LogP contribution in [-0.2, 0) is 24.5 Å². The van der Waals surface area contributed by atoms with E-state index < -0.39 is 24.3 Å². The summed E-state index contributed by atoms with van der Waals surface area (Å²) in [5.41, 5.74) is 10.7. The van der Waals surface area contributed by atoms with Crippen molar-refractivity contribution < 1.29 is 28.7 Å². The number of aryl methyl sites for hydroxylation is 2. The lowest BCUT2D eigenvalue weighted by atomic mass is 9.87. The van der Waals surface area contributed by atoms with E-state index in [1.165, 1.54) is 30.9 Å². The summed E-state index contributed by atoms with van der Waals surface area (Å²) in [5.74, 6) is 0.995. The predicted molar refractivity (Wildman–Crippen MR) is 260 cm³/mol. The van der Waals surface area contributed by atoms with Gasteiger partial charge in [-0.3, -0.25) is 9.59 Å². The quantitative estimate of drug-likeness (QED) is 0.100. The first-order valence-corrected chi connectivity index (χ1v) is 24.1. The number of nitrogens with one attached hydrogen (secondary N) is 4. The van der Waals surface area contributed by atoms with Gasteiger partial charge in [-0.1, -0.05) is 72.7 Å². The van der Waals surface area contributed by atoms with Crippen LogP contribution in [0, 0.1) is 25.7 Å². The molecule has 0 saturated carbocycles. The van der Waals surface area contributed by atoms with E-state index in [1.54, 1.807) is 0 Å². The minimum absolute atomic E-state index is 0.00104. The molecule has 0 aliphatic carbocycles. The fraction of sp³-hybridized carbons (Fsp3) is 0.538. The van der Waals surface area contributed by atoms with Crippen LogP contribution >= 0.6 is 0 Å². The molecular weight excluding hydrogens is 847 g/mol. The Morgan fingerprint density at radius 2 is 1.04 bits per heavy atom. The van der Waals surface area contributed by atoms with Crippen LogP contribution in [0.5, 0.6) is 0 Å². The second-order valence-corrected chi connectivity index (χ2v) is 20.5. The second-order valence-electron chi connectivity index (χ2n) is 20.5. The van der Waals surface area contributed by atoms with Crippen LogP contribution < -0.4 is 15.5 Å². The summed E-state index contributed by atoms with van der Waals surface area (Å²) in [5, 5.41) is 5.51. The molecule has 5 heterocycles. The zero-order valence-corrected chi connectivity index (χ0v) is 41.1. The summed E-state index contributed by atoms with van der Waals surface area (Å²) in [7, 11) is 2.61. The molecular formula is C52H69N9O6. The Labute approximate surface area is 394 Å². The third kappa shape index (κ3) is 9.05. The van der Waals surface area contributed by atoms with E-state index in [0.29, 0.717) is 13.1 Å². The molecule has 3 saturated heterocycles. The molecule has 15 nitrogen and oxygen atoms in total. The van der Waals surface area contributed by atoms with Gasteiger partial charge < -0.3 is 44.8 Å². The average Bonchev–Trinajstić information content (AvgIpc) is 4.15. The number of imidazole rings is 2. The lowest BCUT2D eigenvalue weighted by molar-refractivity contribution is -0.136. The number of rotatable bonds is 11. The third-order valence-corrected chi connectivity index (χ3v) is 14.6. The van der Waals surface area contributed by atoms with E-state index in [4.69, 9.17) is 19.4 Å². The normalized spacial score (nSPS) is 20.9. The number of methoxy groups -OCH3 is 2. The molecule has 3 aliphatic rings. The van der Waals surface area contributed by atoms with Crippen molar-refractivity contribution >= 4 is 51.8 Å². The van der Waals surface area contributed by atoms with Crippen LogP contribution in [0.25, 0.3) is 22.1 Å². The van der Waals surface area contributed by atoms with Gasteiger partial charge in [0.2, 0.25) is 11.8 Å². The lowest BCUT2D eigenvalue weighted by Gasteiger charge is -2.35. The number of ether oxygens (including phenoxy) is 2. The van der Waals surface area contributed by atoms with Crippen LogP contribution in [-0.4, -0.2) is 93.1 Å². The lowest BCUT2D eigenvalue weighted by Crippen LogP contribution is -2.51. The van der Waals surface area contributed by atoms with Crippen molar-refractivity contribution in [2.45, 2.75) is 143 Å². The van der Waals surface area contributed by atoms with E-state index in [0.717, 1.165) is 89.1 Å². The summed E-state index contributed by atoms with van der Waals surface area (Å²) >= 11 is 0. The van der Waals surface area contributed by atoms with Crippen molar-refractivity contribution in [3.05, 3.63) is 88.0 Å². The number of alkyl carbamates (subject to hydrolysis) is 2. The van der Waals surface area contributed by atoms with Gasteiger partial charge in [0.15, 0.2) is 0 Å². The number of hydrogen-bond donors (Lipinski definition) is 4. The van der Waals surface area contributed by atoms with Crippen molar-refractivity contribution in [2.75, 3.05) is 32.2 Å². The maximum atomic E-state index is 14.0. The Kier molecular flexibility index (Phi) is 13.3. The number of hydrogen-bond acceptors (Lipinski definition) is 9. The summed E-state index contributed by atoms with van der Waals surface area (Å²) < 4.78 is 9.70. The number of nitrogens with zero attached hydrogens (tertiary/aromatic N) is 5. The Morgan fingerprint density at radius 3 is 1.42 bits per heavy atom. The van der Waals surface area contributed by atoms with Crippen LogP contribution in [0.3, 0.4) is 0 Å². The van der Waals surface area contributed by atoms with Crippen LogP contribution in [0.15, 0.2) is 48.5 Å². The maximum absolute atomic E-state index is 14.0. The first-order valence-electron chi connectivity index (χ1n) is 24.1. The van der Waals surface area contributed by atoms with E-state index in [2.05, 4.69) is 109 Å². The highest BCUT2D eigenvalue weighted by Crippen LogP contribution is 2.50. The molecule has 2 aromatic heterocycles. The minimum atomic E-state index is -0.710. The Balaban J connectivity index is 1.12. The number of carbonyl (C=O) groups excluding carboxylic acids is 4. The zero-order chi connectivity index (χ0) is 48.1. The number of fused-ring (bicyclic) bond motifs is 2. The van der Waals surface area contributed by atoms with E-state index >= 15 is 0 Å². The smallest absolute Gasteiger partial charge is 0.407 e. The molecule has 0 spiro atoms. The number of amides is 4. The average molecular weight is 916 g/mol. The van der Waals surface area contributed by atoms with Gasteiger partial charge in [-0.2, -0.15) is 0 Å². The van der Waals surface area contributed by atoms with Crippen molar-refractivity contribution in [1.29, 1.82) is 0 Å². The largest absolute Gasteiger partial charge is 0.453 e. The molecule has 0 radical (unpaired) electrons. The molecule has 6 atom stereocenters. The highest BCUT2D eigenvalue weighted by Gasteiger charge is 2.41. The molecule has 67 heavy (non-hydrogen) atoms. The van der Waals surface area contributed by atoms with Crippen LogP contribution in [0.2, 0.25) is 0 Å². The van der Waals surface area contributed by atoms with Crippen LogP contribution in [0.1, 0.15) is 151 Å². The highest BCUT2D eigenvalue weighted by atomic mass is 16.5. The second kappa shape index (κ2) is 18.9. The number of H-pyrrole nitrogens is 2. The summed E-state index contributed by atoms with van der Waals surface area (Å²) in [6, 6.07) is 16.0. The van der Waals surface area contributed by atoms with Gasteiger partial charge in [-0.25, -0.2) is 19.6 Å². The molecule has 358 valence electrons. The van der Waals surface area contributed by atoms with E-state index in [-0.39, 0.29) is 53.2 Å². The number of likely N-dealkylation sites (tertiary alicyclic amines) is 2. The summed E-state index contributed by atoms with van der Waals surface area (Å²) in [6.45, 7) is 19.9. The summed E-state index contributed by atoms with van der Waals surface area (Å²) in [4.78, 5) is 76.4. The maximum Gasteiger partial charge on any atom is 0.407 e. The van der Waals surface area contributed by atoms with Gasteiger partial charge in [0.25, 0.3) is 0 Å². The topological polar surface area (TPSA) is 178 Å². The molecule has 3 aromatic carbocycles. The molecule has 3 aliphatic heterocycles. The predicted octanol–water partition coefficient (Wildman–Crippen LogP) is 9.52. The van der Waals surface area contributed by atoms with Gasteiger partial charge in [0.05, 0.1) is 60.5 Å². The Morgan fingerprint density at radius 1 is 0.627 bits per heavy atom. The van der Waals surface area contributed by atoms with Gasteiger partial charge >= 0.3 is 12.2 Å². The van der Waals surface area contributed by atoms with Crippen LogP contribution in [0.4, 0.5) is 15.3 Å². The SMILES string of the molecule is COC(=O)N[C@H](C(=O)N1CCC[C@H]1c1nc2c(C)c([C@H]3CC[C@H](c4ccc5[nH]c([C@@H]6CCCN6C(=O)[C@@H](NC(=O)OC)C(C)C)nc5c4C)N3c3ccc(C(C)(C)C)cc3)ccc2[nH]1)C(C)C. The Hall–Kier alpha value is -6.12. The summed E-state index contributed by atoms with van der Waals surface area (Å²) in [6.07, 6.45) is 3.82. The molecule has 4 N–H and O–H groups in total. The molecule has 15 heteroatoms. The Bertz CT molecular complexity index is 2490. The van der Waals surface area contributed by atoms with Crippen molar-refractivity contribution in [3.63, 3.8) is 0 Å². The van der Waals surface area contributed by atoms with E-state index in [1.807, 2.05) is 37.5 Å². The highest BCUT2D eigenvalue weighted by molar-refractivity contribution is 5.88. The monoisotopic (exact) mass is 916 g/mol. The standard InChI is InChI=1S/C52H69N9O6/c1-28(2)42(57-50(64)66-10)48(62)59-26-12-14-40(59)46-53-36-22-20-34(30(5)44(36)55-46)38-24-25-39(61(38)33-18-16-32(17-19-33)52(7,8)9)35-21-23-37-45(31(35)6)56-47(54-37)41-15-13-27-60(41)49(63)43(29(3)4)58-51(65)67-11/h16-23,28-29,38-43H,12-15,24-27H2,1-11H3,(H,53,55)(H,54,56)(H,57,64)(H,58,65)/t38-,39-,40+,41+,42+,43+/m1/s1. The molecule has 0 unspecified atom stereocenters. The zero-order valence-electron chi connectivity index (χ0n) is 41.1. The fourth-order valence-electron chi connectivity index (χ4n) is 10.8. The van der Waals surface area contributed by atoms with Gasteiger partial charge in [0, 0.05) is 18.8 Å². The van der Waals surface area contributed by atoms with Gasteiger partial charge in [-0.05, 0) is 122 Å². The molecule has 8 rings (SSSR count). The number of aromatic amines is 2. The molecule has 5 aromatic rings. The molecule has 3 fully saturated rings.